The fourth-order valence-corrected chi connectivity index (χ4v) is 4.55. The van der Waals surface area contributed by atoms with E-state index in [0.29, 0.717) is 31.2 Å². The first-order chi connectivity index (χ1) is 17.2. The maximum absolute atomic E-state index is 13.3. The Hall–Kier alpha value is -3.12. The highest BCUT2D eigenvalue weighted by molar-refractivity contribution is 6.46. The summed E-state index contributed by atoms with van der Waals surface area (Å²) in [5.41, 5.74) is 3.49. The molecule has 1 N–H and O–H groups in total. The Morgan fingerprint density at radius 3 is 2.28 bits per heavy atom. The molecule has 0 radical (unpaired) electrons. The summed E-state index contributed by atoms with van der Waals surface area (Å²) in [6.07, 6.45) is 0.896. The van der Waals surface area contributed by atoms with E-state index < -0.39 is 17.7 Å². The molecule has 1 saturated heterocycles. The van der Waals surface area contributed by atoms with Gasteiger partial charge in [0.15, 0.2) is 0 Å². The van der Waals surface area contributed by atoms with Gasteiger partial charge in [-0.2, -0.15) is 0 Å². The van der Waals surface area contributed by atoms with E-state index in [2.05, 4.69) is 39.5 Å². The number of ketones is 1. The number of carbonyl (C=O) groups is 2. The second-order valence-electron chi connectivity index (χ2n) is 9.80. The molecule has 1 amide bonds. The van der Waals surface area contributed by atoms with Crippen molar-refractivity contribution in [2.45, 2.75) is 54.0 Å². The largest absolute Gasteiger partial charge is 0.507 e. The fraction of sp³-hybridized carbons (Fsp3) is 0.467. The molecule has 1 aliphatic rings. The molecule has 2 aromatic carbocycles. The molecule has 0 aromatic heterocycles. The van der Waals surface area contributed by atoms with E-state index in [1.165, 1.54) is 5.56 Å². The lowest BCUT2D eigenvalue weighted by atomic mass is 9.94. The Labute approximate surface area is 215 Å². The molecule has 1 aliphatic heterocycles. The number of nitrogens with zero attached hydrogens (tertiary/aromatic N) is 2. The van der Waals surface area contributed by atoms with Gasteiger partial charge in [0.05, 0.1) is 18.2 Å². The van der Waals surface area contributed by atoms with Crippen LogP contribution in [0, 0.1) is 12.8 Å². The number of aryl methyl sites for hydroxylation is 2. The van der Waals surface area contributed by atoms with Crippen molar-refractivity contribution in [1.82, 2.24) is 9.80 Å². The van der Waals surface area contributed by atoms with E-state index in [0.717, 1.165) is 36.4 Å². The van der Waals surface area contributed by atoms with E-state index in [-0.39, 0.29) is 11.3 Å². The Bertz CT molecular complexity index is 1100. The topological polar surface area (TPSA) is 70.1 Å². The highest BCUT2D eigenvalue weighted by atomic mass is 16.5. The number of likely N-dealkylation sites (tertiary alicyclic amines) is 1. The molecule has 3 rings (SSSR count). The molecule has 6 nitrogen and oxygen atoms in total. The van der Waals surface area contributed by atoms with Crippen molar-refractivity contribution in [3.05, 3.63) is 70.3 Å². The predicted molar refractivity (Wildman–Crippen MR) is 144 cm³/mol. The molecule has 0 aliphatic carbocycles. The molecule has 0 unspecified atom stereocenters. The van der Waals surface area contributed by atoms with Gasteiger partial charge >= 0.3 is 0 Å². The first kappa shape index (κ1) is 27.5. The first-order valence-corrected chi connectivity index (χ1v) is 13.0. The number of carbonyl (C=O) groups excluding carboxylic acids is 2. The van der Waals surface area contributed by atoms with Gasteiger partial charge in [-0.3, -0.25) is 9.59 Å². The predicted octanol–water partition coefficient (Wildman–Crippen LogP) is 5.36. The SMILES string of the molecule is CCc1ccc([C@@H]2/C(=C(\O)c3ccc(OCC(C)C)c(C)c3)C(=O)C(=O)N2CCN(CC)CC)cc1. The number of benzene rings is 2. The monoisotopic (exact) mass is 492 g/mol. The van der Waals surface area contributed by atoms with Crippen molar-refractivity contribution >= 4 is 17.4 Å². The zero-order valence-electron chi connectivity index (χ0n) is 22.5. The number of hydrogen-bond donors (Lipinski definition) is 1. The third-order valence-corrected chi connectivity index (χ3v) is 6.82. The van der Waals surface area contributed by atoms with Gasteiger partial charge in [-0.1, -0.05) is 58.9 Å². The minimum absolute atomic E-state index is 0.138. The summed E-state index contributed by atoms with van der Waals surface area (Å²) in [4.78, 5) is 30.3. The van der Waals surface area contributed by atoms with Gasteiger partial charge in [0, 0.05) is 18.7 Å². The summed E-state index contributed by atoms with van der Waals surface area (Å²) in [5, 5.41) is 11.4. The van der Waals surface area contributed by atoms with E-state index >= 15 is 0 Å². The summed E-state index contributed by atoms with van der Waals surface area (Å²) in [6, 6.07) is 12.7. The van der Waals surface area contributed by atoms with Gasteiger partial charge in [-0.25, -0.2) is 0 Å². The van der Waals surface area contributed by atoms with Crippen molar-refractivity contribution in [1.29, 1.82) is 0 Å². The fourth-order valence-electron chi connectivity index (χ4n) is 4.55. The molecule has 194 valence electrons. The smallest absolute Gasteiger partial charge is 0.295 e. The lowest BCUT2D eigenvalue weighted by Gasteiger charge is -2.28. The van der Waals surface area contributed by atoms with E-state index in [1.54, 1.807) is 11.0 Å². The van der Waals surface area contributed by atoms with E-state index in [1.807, 2.05) is 43.3 Å². The molecular formula is C30H40N2O4. The molecule has 36 heavy (non-hydrogen) atoms. The number of hydrogen-bond acceptors (Lipinski definition) is 5. The van der Waals surface area contributed by atoms with Crippen LogP contribution < -0.4 is 4.74 Å². The molecule has 1 fully saturated rings. The van der Waals surface area contributed by atoms with Gasteiger partial charge in [-0.15, -0.1) is 0 Å². The van der Waals surface area contributed by atoms with Gasteiger partial charge in [0.25, 0.3) is 11.7 Å². The van der Waals surface area contributed by atoms with Gasteiger partial charge < -0.3 is 19.6 Å². The number of aliphatic hydroxyl groups excluding tert-OH is 1. The zero-order chi connectivity index (χ0) is 26.4. The second kappa shape index (κ2) is 12.2. The molecule has 0 saturated carbocycles. The lowest BCUT2D eigenvalue weighted by molar-refractivity contribution is -0.140. The zero-order valence-corrected chi connectivity index (χ0v) is 22.5. The first-order valence-electron chi connectivity index (χ1n) is 13.0. The number of rotatable bonds is 11. The molecule has 1 heterocycles. The van der Waals surface area contributed by atoms with Crippen LogP contribution in [0.3, 0.4) is 0 Å². The quantitative estimate of drug-likeness (QED) is 0.260. The van der Waals surface area contributed by atoms with Crippen LogP contribution in [0.2, 0.25) is 0 Å². The maximum Gasteiger partial charge on any atom is 0.295 e. The van der Waals surface area contributed by atoms with E-state index in [9.17, 15) is 14.7 Å². The molecule has 6 heteroatoms. The molecule has 0 spiro atoms. The van der Waals surface area contributed by atoms with Gasteiger partial charge in [0.2, 0.25) is 0 Å². The van der Waals surface area contributed by atoms with Crippen LogP contribution in [0.25, 0.3) is 5.76 Å². The van der Waals surface area contributed by atoms with Crippen molar-refractivity contribution in [2.24, 2.45) is 5.92 Å². The number of ether oxygens (including phenoxy) is 1. The van der Waals surface area contributed by atoms with Gasteiger partial charge in [-0.05, 0) is 67.2 Å². The number of amides is 1. The minimum atomic E-state index is -0.644. The van der Waals surface area contributed by atoms with Crippen LogP contribution in [0.4, 0.5) is 0 Å². The average molecular weight is 493 g/mol. The summed E-state index contributed by atoms with van der Waals surface area (Å²) < 4.78 is 5.87. The summed E-state index contributed by atoms with van der Waals surface area (Å²) in [6.45, 7) is 15.7. The number of Topliss-reactive ketones (excluding diaryl/α,β-unsaturated/α-hetero) is 1. The van der Waals surface area contributed by atoms with Crippen LogP contribution in [-0.2, 0) is 16.0 Å². The molecular weight excluding hydrogens is 452 g/mol. The Morgan fingerprint density at radius 1 is 1.06 bits per heavy atom. The third-order valence-electron chi connectivity index (χ3n) is 6.82. The Kier molecular flexibility index (Phi) is 9.32. The summed E-state index contributed by atoms with van der Waals surface area (Å²) in [5.74, 6) is -0.228. The van der Waals surface area contributed by atoms with Crippen LogP contribution in [-0.4, -0.2) is 59.4 Å². The minimum Gasteiger partial charge on any atom is -0.507 e. The maximum atomic E-state index is 13.3. The highest BCUT2D eigenvalue weighted by Gasteiger charge is 2.46. The summed E-state index contributed by atoms with van der Waals surface area (Å²) >= 11 is 0. The average Bonchev–Trinajstić information content (AvgIpc) is 3.13. The van der Waals surface area contributed by atoms with Crippen molar-refractivity contribution < 1.29 is 19.4 Å². The van der Waals surface area contributed by atoms with Crippen LogP contribution in [0.1, 0.15) is 62.9 Å². The number of likely N-dealkylation sites (N-methyl/N-ethyl adjacent to an activating group) is 1. The van der Waals surface area contributed by atoms with Gasteiger partial charge in [0.1, 0.15) is 11.5 Å². The lowest BCUT2D eigenvalue weighted by Crippen LogP contribution is -2.38. The Balaban J connectivity index is 2.05. The van der Waals surface area contributed by atoms with Crippen LogP contribution in [0.15, 0.2) is 48.0 Å². The molecule has 1 atom stereocenters. The molecule has 0 bridgehead atoms. The van der Waals surface area contributed by atoms with Crippen LogP contribution >= 0.6 is 0 Å². The van der Waals surface area contributed by atoms with Crippen molar-refractivity contribution in [2.75, 3.05) is 32.8 Å². The van der Waals surface area contributed by atoms with Crippen LogP contribution in [0.5, 0.6) is 5.75 Å². The summed E-state index contributed by atoms with van der Waals surface area (Å²) in [7, 11) is 0. The second-order valence-corrected chi connectivity index (χ2v) is 9.80. The normalized spacial score (nSPS) is 17.4. The number of aliphatic hydroxyl groups is 1. The molecule has 2 aromatic rings. The van der Waals surface area contributed by atoms with E-state index in [4.69, 9.17) is 4.74 Å². The standard InChI is InChI=1S/C30H40N2O4/c1-7-22-10-12-23(13-11-22)27-26(29(34)30(35)32(27)17-16-31(8-2)9-3)28(33)24-14-15-25(21(6)18-24)36-19-20(4)5/h10-15,18,20,27,33H,7-9,16-17,19H2,1-6H3/b28-26+/t27-/m1/s1. The highest BCUT2D eigenvalue weighted by Crippen LogP contribution is 2.40. The van der Waals surface area contributed by atoms with Crippen molar-refractivity contribution in [3.63, 3.8) is 0 Å². The Morgan fingerprint density at radius 2 is 1.72 bits per heavy atom. The van der Waals surface area contributed by atoms with Crippen molar-refractivity contribution in [3.8, 4) is 5.75 Å². The third kappa shape index (κ3) is 5.98.